The van der Waals surface area contributed by atoms with Crippen molar-refractivity contribution in [2.24, 2.45) is 0 Å². The molecule has 0 aliphatic heterocycles. The van der Waals surface area contributed by atoms with Crippen LogP contribution in [0.25, 0.3) is 0 Å². The standard InChI is InChI=1S/C18H26N2O/c1-4-6-18(13-19-14-21)20-17-11-9-16(10-12-17)8-7-15(3)5-2/h6,9-12,14,20H,3-5,7-8,13H2,1-2H3,(H,19,21)/b18-6+. The largest absolute Gasteiger partial charge is 0.358 e. The molecule has 0 unspecified atom stereocenters. The maximum atomic E-state index is 10.4. The molecule has 1 aromatic carbocycles. The van der Waals surface area contributed by atoms with E-state index in [-0.39, 0.29) is 0 Å². The Kier molecular flexibility index (Phi) is 7.95. The van der Waals surface area contributed by atoms with Gasteiger partial charge in [0.1, 0.15) is 0 Å². The third kappa shape index (κ3) is 6.80. The minimum absolute atomic E-state index is 0.523. The van der Waals surface area contributed by atoms with Crippen molar-refractivity contribution in [3.63, 3.8) is 0 Å². The summed E-state index contributed by atoms with van der Waals surface area (Å²) < 4.78 is 0. The Labute approximate surface area is 128 Å². The fourth-order valence-corrected chi connectivity index (χ4v) is 2.00. The summed E-state index contributed by atoms with van der Waals surface area (Å²) >= 11 is 0. The van der Waals surface area contributed by atoms with Crippen molar-refractivity contribution in [2.45, 2.75) is 39.5 Å². The Bertz CT molecular complexity index is 474. The van der Waals surface area contributed by atoms with Crippen LogP contribution in [0.4, 0.5) is 5.69 Å². The second kappa shape index (κ2) is 9.81. The highest BCUT2D eigenvalue weighted by atomic mass is 16.1. The summed E-state index contributed by atoms with van der Waals surface area (Å²) in [6.07, 6.45) is 6.87. The number of benzene rings is 1. The summed E-state index contributed by atoms with van der Waals surface area (Å²) in [5.74, 6) is 0. The predicted molar refractivity (Wildman–Crippen MR) is 90.3 cm³/mol. The van der Waals surface area contributed by atoms with E-state index in [9.17, 15) is 4.79 Å². The minimum Gasteiger partial charge on any atom is -0.358 e. The maximum Gasteiger partial charge on any atom is 0.207 e. The van der Waals surface area contributed by atoms with E-state index in [0.717, 1.165) is 43.5 Å². The number of hydrogen-bond acceptors (Lipinski definition) is 2. The van der Waals surface area contributed by atoms with Gasteiger partial charge in [-0.2, -0.15) is 0 Å². The van der Waals surface area contributed by atoms with Crippen LogP contribution in [0, 0.1) is 0 Å². The summed E-state index contributed by atoms with van der Waals surface area (Å²) in [6, 6.07) is 8.44. The lowest BCUT2D eigenvalue weighted by Gasteiger charge is -2.11. The van der Waals surface area contributed by atoms with Crippen molar-refractivity contribution < 1.29 is 4.79 Å². The second-order valence-corrected chi connectivity index (χ2v) is 5.06. The van der Waals surface area contributed by atoms with Crippen molar-refractivity contribution >= 4 is 12.1 Å². The lowest BCUT2D eigenvalue weighted by atomic mass is 10.0. The van der Waals surface area contributed by atoms with Crippen LogP contribution < -0.4 is 10.6 Å². The highest BCUT2D eigenvalue weighted by Gasteiger charge is 1.99. The van der Waals surface area contributed by atoms with Gasteiger partial charge in [-0.3, -0.25) is 4.79 Å². The smallest absolute Gasteiger partial charge is 0.207 e. The molecule has 1 amide bonds. The zero-order valence-electron chi connectivity index (χ0n) is 13.1. The molecular weight excluding hydrogens is 260 g/mol. The molecule has 0 heterocycles. The zero-order valence-corrected chi connectivity index (χ0v) is 13.1. The summed E-state index contributed by atoms with van der Waals surface area (Å²) in [5.41, 5.74) is 4.67. The van der Waals surface area contributed by atoms with Gasteiger partial charge < -0.3 is 10.6 Å². The molecule has 0 radical (unpaired) electrons. The van der Waals surface area contributed by atoms with Crippen LogP contribution in [-0.2, 0) is 11.2 Å². The lowest BCUT2D eigenvalue weighted by Crippen LogP contribution is -2.18. The second-order valence-electron chi connectivity index (χ2n) is 5.06. The van der Waals surface area contributed by atoms with Crippen molar-refractivity contribution in [1.82, 2.24) is 5.32 Å². The molecule has 0 aliphatic carbocycles. The molecule has 1 aromatic rings. The Hall–Kier alpha value is -2.03. The van der Waals surface area contributed by atoms with Crippen LogP contribution in [0.3, 0.4) is 0 Å². The van der Waals surface area contributed by atoms with E-state index in [1.807, 2.05) is 0 Å². The van der Waals surface area contributed by atoms with Gasteiger partial charge >= 0.3 is 0 Å². The summed E-state index contributed by atoms with van der Waals surface area (Å²) in [5, 5.41) is 6.02. The molecule has 0 bridgehead atoms. The van der Waals surface area contributed by atoms with Crippen molar-refractivity contribution in [3.8, 4) is 0 Å². The van der Waals surface area contributed by atoms with Crippen LogP contribution in [0.5, 0.6) is 0 Å². The van der Waals surface area contributed by atoms with E-state index in [1.54, 1.807) is 0 Å². The Morgan fingerprint density at radius 1 is 1.24 bits per heavy atom. The zero-order chi connectivity index (χ0) is 15.5. The predicted octanol–water partition coefficient (Wildman–Crippen LogP) is 4.04. The molecule has 0 fully saturated rings. The highest BCUT2D eigenvalue weighted by Crippen LogP contribution is 2.15. The summed E-state index contributed by atoms with van der Waals surface area (Å²) in [6.45, 7) is 8.78. The number of allylic oxidation sites excluding steroid dienone is 2. The van der Waals surface area contributed by atoms with Crippen molar-refractivity contribution in [2.75, 3.05) is 11.9 Å². The molecule has 1 rings (SSSR count). The van der Waals surface area contributed by atoms with Gasteiger partial charge in [-0.25, -0.2) is 0 Å². The fourth-order valence-electron chi connectivity index (χ4n) is 2.00. The average Bonchev–Trinajstić information content (AvgIpc) is 2.51. The molecule has 21 heavy (non-hydrogen) atoms. The third-order valence-electron chi connectivity index (χ3n) is 3.35. The first kappa shape index (κ1) is 17.0. The van der Waals surface area contributed by atoms with Crippen molar-refractivity contribution in [1.29, 1.82) is 0 Å². The first-order valence-electron chi connectivity index (χ1n) is 7.58. The molecule has 114 valence electrons. The molecule has 3 nitrogen and oxygen atoms in total. The molecule has 0 spiro atoms. The van der Waals surface area contributed by atoms with Crippen molar-refractivity contribution in [3.05, 3.63) is 53.8 Å². The van der Waals surface area contributed by atoms with E-state index in [1.165, 1.54) is 11.1 Å². The number of anilines is 1. The number of rotatable bonds is 10. The van der Waals surface area contributed by atoms with Gasteiger partial charge in [0, 0.05) is 11.4 Å². The number of hydrogen-bond donors (Lipinski definition) is 2. The van der Waals surface area contributed by atoms with Gasteiger partial charge in [-0.05, 0) is 43.4 Å². The van der Waals surface area contributed by atoms with Crippen LogP contribution in [0.15, 0.2) is 48.2 Å². The van der Waals surface area contributed by atoms with E-state index < -0.39 is 0 Å². The maximum absolute atomic E-state index is 10.4. The van der Waals surface area contributed by atoms with Crippen LogP contribution in [0.1, 0.15) is 38.7 Å². The van der Waals surface area contributed by atoms with E-state index in [0.29, 0.717) is 6.54 Å². The van der Waals surface area contributed by atoms with Gasteiger partial charge in [0.05, 0.1) is 6.54 Å². The Morgan fingerprint density at radius 3 is 2.52 bits per heavy atom. The average molecular weight is 286 g/mol. The van der Waals surface area contributed by atoms with Crippen LogP contribution >= 0.6 is 0 Å². The molecule has 2 N–H and O–H groups in total. The SMILES string of the molecule is C=C(CC)CCc1ccc(N/C(=C/CC)CNC=O)cc1. The Balaban J connectivity index is 2.58. The molecule has 3 heteroatoms. The summed E-state index contributed by atoms with van der Waals surface area (Å²) in [7, 11) is 0. The topological polar surface area (TPSA) is 41.1 Å². The normalized spacial score (nSPS) is 11.0. The quantitative estimate of drug-likeness (QED) is 0.503. The van der Waals surface area contributed by atoms with Gasteiger partial charge in [-0.15, -0.1) is 0 Å². The van der Waals surface area contributed by atoms with Gasteiger partial charge in [0.2, 0.25) is 6.41 Å². The van der Waals surface area contributed by atoms with Crippen LogP contribution in [0.2, 0.25) is 0 Å². The van der Waals surface area contributed by atoms with Gasteiger partial charge in [0.15, 0.2) is 0 Å². The monoisotopic (exact) mass is 286 g/mol. The number of carbonyl (C=O) groups excluding carboxylic acids is 1. The fraction of sp³-hybridized carbons (Fsp3) is 0.389. The van der Waals surface area contributed by atoms with Gasteiger partial charge in [0.25, 0.3) is 0 Å². The van der Waals surface area contributed by atoms with E-state index >= 15 is 0 Å². The van der Waals surface area contributed by atoms with Gasteiger partial charge in [-0.1, -0.05) is 44.2 Å². The molecule has 0 saturated carbocycles. The minimum atomic E-state index is 0.523. The first-order valence-corrected chi connectivity index (χ1v) is 7.58. The Morgan fingerprint density at radius 2 is 1.95 bits per heavy atom. The first-order chi connectivity index (χ1) is 10.2. The lowest BCUT2D eigenvalue weighted by molar-refractivity contribution is -0.109. The molecule has 0 saturated heterocycles. The molecule has 0 aliphatic rings. The molecule has 0 aromatic heterocycles. The molecular formula is C18H26N2O. The van der Waals surface area contributed by atoms with E-state index in [2.05, 4.69) is 61.4 Å². The van der Waals surface area contributed by atoms with Crippen LogP contribution in [-0.4, -0.2) is 13.0 Å². The summed E-state index contributed by atoms with van der Waals surface area (Å²) in [4.78, 5) is 10.4. The number of amides is 1. The number of nitrogens with one attached hydrogen (secondary N) is 2. The third-order valence-corrected chi connectivity index (χ3v) is 3.35. The molecule has 0 atom stereocenters. The number of aryl methyl sites for hydroxylation is 1. The highest BCUT2D eigenvalue weighted by molar-refractivity contribution is 5.52. The van der Waals surface area contributed by atoms with E-state index in [4.69, 9.17) is 0 Å². The number of carbonyl (C=O) groups is 1.